The number of hydrogen-bond acceptors (Lipinski definition) is 5. The first-order valence-electron chi connectivity index (χ1n) is 6.22. The Morgan fingerprint density at radius 1 is 1.33 bits per heavy atom. The molecule has 106 valence electrons. The highest BCUT2D eigenvalue weighted by atomic mass is 16.3. The Morgan fingerprint density at radius 2 is 2.14 bits per heavy atom. The fourth-order valence-corrected chi connectivity index (χ4v) is 2.01. The third-order valence-corrected chi connectivity index (χ3v) is 3.07. The Morgan fingerprint density at radius 3 is 2.86 bits per heavy atom. The van der Waals surface area contributed by atoms with Gasteiger partial charge >= 0.3 is 6.03 Å². The van der Waals surface area contributed by atoms with Gasteiger partial charge in [0.2, 0.25) is 11.3 Å². The van der Waals surface area contributed by atoms with Crippen LogP contribution < -0.4 is 10.7 Å². The predicted molar refractivity (Wildman–Crippen MR) is 75.1 cm³/mol. The third-order valence-electron chi connectivity index (χ3n) is 3.07. The van der Waals surface area contributed by atoms with Crippen molar-refractivity contribution >= 4 is 29.1 Å². The molecule has 1 aromatic carbocycles. The van der Waals surface area contributed by atoms with Crippen LogP contribution in [-0.2, 0) is 4.79 Å². The molecule has 0 bridgehead atoms. The van der Waals surface area contributed by atoms with Crippen molar-refractivity contribution in [3.8, 4) is 0 Å². The van der Waals surface area contributed by atoms with E-state index >= 15 is 0 Å². The highest BCUT2D eigenvalue weighted by molar-refractivity contribution is 6.02. The van der Waals surface area contributed by atoms with E-state index in [1.807, 2.05) is 13.0 Å². The molecular formula is C14H11N3O4. The second-order valence-corrected chi connectivity index (χ2v) is 4.68. The van der Waals surface area contributed by atoms with Crippen LogP contribution in [0.5, 0.6) is 0 Å². The van der Waals surface area contributed by atoms with Gasteiger partial charge in [0.15, 0.2) is 0 Å². The first-order chi connectivity index (χ1) is 10.0. The zero-order valence-corrected chi connectivity index (χ0v) is 11.1. The van der Waals surface area contributed by atoms with Crippen LogP contribution in [0.1, 0.15) is 11.1 Å². The van der Waals surface area contributed by atoms with Crippen LogP contribution >= 0.6 is 0 Å². The molecule has 0 saturated carbocycles. The summed E-state index contributed by atoms with van der Waals surface area (Å²) in [5, 5.41) is 7.31. The molecule has 1 fully saturated rings. The van der Waals surface area contributed by atoms with Gasteiger partial charge in [-0.15, -0.1) is 0 Å². The van der Waals surface area contributed by atoms with Crippen LogP contribution in [0, 0.1) is 6.92 Å². The monoisotopic (exact) mass is 285 g/mol. The molecule has 3 rings (SSSR count). The summed E-state index contributed by atoms with van der Waals surface area (Å²) < 4.78 is 5.36. The third kappa shape index (κ3) is 2.40. The largest absolute Gasteiger partial charge is 0.463 e. The number of fused-ring (bicyclic) bond motifs is 1. The lowest BCUT2D eigenvalue weighted by atomic mass is 10.1. The number of imide groups is 1. The molecule has 0 radical (unpaired) electrons. The van der Waals surface area contributed by atoms with Gasteiger partial charge in [-0.2, -0.15) is 5.10 Å². The van der Waals surface area contributed by atoms with Gasteiger partial charge in [0.1, 0.15) is 18.4 Å². The Balaban J connectivity index is 1.98. The van der Waals surface area contributed by atoms with Gasteiger partial charge in [-0.05, 0) is 19.1 Å². The number of hydrazone groups is 1. The van der Waals surface area contributed by atoms with Gasteiger partial charge in [0.05, 0.1) is 17.2 Å². The maximum atomic E-state index is 12.3. The first kappa shape index (κ1) is 13.0. The van der Waals surface area contributed by atoms with Crippen LogP contribution in [0.25, 0.3) is 11.0 Å². The molecule has 0 aliphatic carbocycles. The summed E-state index contributed by atoms with van der Waals surface area (Å²) in [6.07, 6.45) is 2.49. The van der Waals surface area contributed by atoms with Crippen LogP contribution in [0.3, 0.4) is 0 Å². The Labute approximate surface area is 118 Å². The molecule has 1 aliphatic rings. The van der Waals surface area contributed by atoms with E-state index in [1.54, 1.807) is 12.1 Å². The highest BCUT2D eigenvalue weighted by Crippen LogP contribution is 2.12. The molecule has 1 aliphatic heterocycles. The Kier molecular flexibility index (Phi) is 3.02. The van der Waals surface area contributed by atoms with E-state index in [2.05, 4.69) is 10.4 Å². The molecule has 1 saturated heterocycles. The number of amides is 3. The summed E-state index contributed by atoms with van der Waals surface area (Å²) in [6.45, 7) is 1.72. The van der Waals surface area contributed by atoms with Gasteiger partial charge in [-0.1, -0.05) is 11.6 Å². The number of urea groups is 1. The van der Waals surface area contributed by atoms with Crippen molar-refractivity contribution in [1.29, 1.82) is 0 Å². The number of carbonyl (C=O) groups is 2. The van der Waals surface area contributed by atoms with Gasteiger partial charge in [-0.3, -0.25) is 14.9 Å². The van der Waals surface area contributed by atoms with E-state index in [0.717, 1.165) is 10.6 Å². The number of hydrogen-bond donors (Lipinski definition) is 1. The van der Waals surface area contributed by atoms with Gasteiger partial charge in [-0.25, -0.2) is 9.80 Å². The standard InChI is InChI=1S/C14H11N3O4/c1-8-2-3-11-10(4-8)13(19)9(7-21-11)5-15-17-6-12(18)16-14(17)20/h2-5,7H,6H2,1H3,(H,16,18,20)/b15-5+. The maximum Gasteiger partial charge on any atom is 0.344 e. The maximum absolute atomic E-state index is 12.3. The van der Waals surface area contributed by atoms with Crippen molar-refractivity contribution in [3.63, 3.8) is 0 Å². The summed E-state index contributed by atoms with van der Waals surface area (Å²) in [6, 6.07) is 4.68. The number of benzene rings is 1. The Bertz CT molecular complexity index is 838. The molecule has 7 nitrogen and oxygen atoms in total. The molecule has 1 N–H and O–H groups in total. The van der Waals surface area contributed by atoms with E-state index in [4.69, 9.17) is 4.42 Å². The highest BCUT2D eigenvalue weighted by Gasteiger charge is 2.26. The fraction of sp³-hybridized carbons (Fsp3) is 0.143. The topological polar surface area (TPSA) is 92.0 Å². The van der Waals surface area contributed by atoms with Crippen LogP contribution in [-0.4, -0.2) is 29.7 Å². The lowest BCUT2D eigenvalue weighted by Crippen LogP contribution is -2.24. The molecule has 7 heteroatoms. The molecular weight excluding hydrogens is 274 g/mol. The minimum atomic E-state index is -0.614. The van der Waals surface area contributed by atoms with Crippen molar-refractivity contribution in [1.82, 2.24) is 10.3 Å². The summed E-state index contributed by atoms with van der Waals surface area (Å²) in [4.78, 5) is 34.6. The minimum Gasteiger partial charge on any atom is -0.463 e. The summed E-state index contributed by atoms with van der Waals surface area (Å²) in [5.41, 5.74) is 1.39. The summed E-state index contributed by atoms with van der Waals surface area (Å²) in [7, 11) is 0. The van der Waals surface area contributed by atoms with Gasteiger partial charge in [0.25, 0.3) is 0 Å². The average Bonchev–Trinajstić information content (AvgIpc) is 2.77. The second kappa shape index (κ2) is 4.86. The van der Waals surface area contributed by atoms with E-state index < -0.39 is 11.9 Å². The second-order valence-electron chi connectivity index (χ2n) is 4.68. The normalized spacial score (nSPS) is 15.2. The molecule has 3 amide bonds. The number of nitrogens with zero attached hydrogens (tertiary/aromatic N) is 2. The molecule has 0 spiro atoms. The molecule has 2 heterocycles. The Hall–Kier alpha value is -2.96. The number of rotatable bonds is 2. The smallest absolute Gasteiger partial charge is 0.344 e. The zero-order chi connectivity index (χ0) is 15.0. The lowest BCUT2D eigenvalue weighted by molar-refractivity contribution is -0.118. The van der Waals surface area contributed by atoms with Crippen LogP contribution in [0.2, 0.25) is 0 Å². The molecule has 1 aromatic heterocycles. The first-order valence-corrected chi connectivity index (χ1v) is 6.22. The van der Waals surface area contributed by atoms with Crippen molar-refractivity contribution in [2.24, 2.45) is 5.10 Å². The van der Waals surface area contributed by atoms with Crippen LogP contribution in [0.4, 0.5) is 4.79 Å². The van der Waals surface area contributed by atoms with E-state index in [9.17, 15) is 14.4 Å². The predicted octanol–water partition coefficient (Wildman–Crippen LogP) is 0.987. The van der Waals surface area contributed by atoms with E-state index in [0.29, 0.717) is 11.0 Å². The molecule has 2 aromatic rings. The van der Waals surface area contributed by atoms with Gasteiger partial charge < -0.3 is 4.42 Å². The SMILES string of the molecule is Cc1ccc2occ(/C=N/N3CC(=O)NC3=O)c(=O)c2c1. The van der Waals surface area contributed by atoms with Gasteiger partial charge in [0, 0.05) is 0 Å². The minimum absolute atomic E-state index is 0.159. The number of aryl methyl sites for hydroxylation is 1. The number of carbonyl (C=O) groups excluding carboxylic acids is 2. The van der Waals surface area contributed by atoms with E-state index in [-0.39, 0.29) is 17.5 Å². The zero-order valence-electron chi connectivity index (χ0n) is 11.1. The van der Waals surface area contributed by atoms with Crippen molar-refractivity contribution in [3.05, 3.63) is 45.8 Å². The van der Waals surface area contributed by atoms with Crippen molar-refractivity contribution < 1.29 is 14.0 Å². The summed E-state index contributed by atoms with van der Waals surface area (Å²) >= 11 is 0. The summed E-state index contributed by atoms with van der Waals surface area (Å²) in [5.74, 6) is -0.432. The lowest BCUT2D eigenvalue weighted by Gasteiger charge is -2.04. The molecule has 0 unspecified atom stereocenters. The average molecular weight is 285 g/mol. The molecule has 21 heavy (non-hydrogen) atoms. The van der Waals surface area contributed by atoms with E-state index in [1.165, 1.54) is 12.5 Å². The fourth-order valence-electron chi connectivity index (χ4n) is 2.01. The van der Waals surface area contributed by atoms with Crippen molar-refractivity contribution in [2.45, 2.75) is 6.92 Å². The molecule has 0 atom stereocenters. The van der Waals surface area contributed by atoms with Crippen LogP contribution in [0.15, 0.2) is 38.8 Å². The van der Waals surface area contributed by atoms with Crippen molar-refractivity contribution in [2.75, 3.05) is 6.54 Å². The number of nitrogens with one attached hydrogen (secondary N) is 1. The quantitative estimate of drug-likeness (QED) is 0.657.